The Morgan fingerprint density at radius 1 is 0.846 bits per heavy atom. The number of benzene rings is 3. The fourth-order valence-electron chi connectivity index (χ4n) is 7.47. The summed E-state index contributed by atoms with van der Waals surface area (Å²) in [5, 5.41) is 12.8. The van der Waals surface area contributed by atoms with Gasteiger partial charge in [0.2, 0.25) is 0 Å². The van der Waals surface area contributed by atoms with Crippen molar-refractivity contribution in [3.05, 3.63) is 78.4 Å². The normalized spacial score (nSPS) is 24.6. The van der Waals surface area contributed by atoms with E-state index in [-0.39, 0.29) is 18.1 Å². The number of rotatable bonds is 8. The Balaban J connectivity index is 1.10. The van der Waals surface area contributed by atoms with Crippen molar-refractivity contribution in [1.29, 1.82) is 0 Å². The molecule has 1 N–H and O–H groups in total. The zero-order valence-corrected chi connectivity index (χ0v) is 23.0. The molecular weight excluding hydrogens is 484 g/mol. The molecule has 0 unspecified atom stereocenters. The zero-order chi connectivity index (χ0) is 26.6. The molecule has 39 heavy (non-hydrogen) atoms. The van der Waals surface area contributed by atoms with Crippen molar-refractivity contribution < 1.29 is 14.6 Å². The van der Waals surface area contributed by atoms with Crippen molar-refractivity contribution in [2.75, 3.05) is 32.7 Å². The molecule has 3 atom stereocenters. The molecule has 1 aliphatic carbocycles. The predicted octanol–water partition coefficient (Wildman–Crippen LogP) is 6.43. The third kappa shape index (κ3) is 6.15. The average molecular weight is 527 g/mol. The lowest BCUT2D eigenvalue weighted by molar-refractivity contribution is -0.145. The summed E-state index contributed by atoms with van der Waals surface area (Å²) >= 11 is 0. The lowest BCUT2D eigenvalue weighted by Crippen LogP contribution is -2.46. The van der Waals surface area contributed by atoms with Gasteiger partial charge in [0, 0.05) is 38.6 Å². The topological polar surface area (TPSA) is 53.0 Å². The van der Waals surface area contributed by atoms with Gasteiger partial charge < -0.3 is 14.7 Å². The van der Waals surface area contributed by atoms with Crippen LogP contribution in [0.3, 0.4) is 0 Å². The molecule has 2 aliphatic heterocycles. The largest absolute Gasteiger partial charge is 0.490 e. The lowest BCUT2D eigenvalue weighted by Gasteiger charge is -2.35. The third-order valence-electron chi connectivity index (χ3n) is 9.49. The van der Waals surface area contributed by atoms with Crippen molar-refractivity contribution in [2.45, 2.75) is 63.0 Å². The highest BCUT2D eigenvalue weighted by atomic mass is 16.5. The molecule has 5 nitrogen and oxygen atoms in total. The van der Waals surface area contributed by atoms with E-state index in [0.717, 1.165) is 64.2 Å². The number of fused-ring (bicyclic) bond motifs is 1. The van der Waals surface area contributed by atoms with Crippen molar-refractivity contribution in [3.8, 4) is 5.75 Å². The average Bonchev–Trinajstić information content (AvgIpc) is 3.38. The van der Waals surface area contributed by atoms with Crippen molar-refractivity contribution >= 4 is 16.7 Å². The first-order valence-corrected chi connectivity index (χ1v) is 15.0. The molecule has 3 aliphatic rings. The highest BCUT2D eigenvalue weighted by Gasteiger charge is 2.43. The minimum atomic E-state index is -0.624. The molecule has 6 rings (SSSR count). The molecule has 3 aromatic carbocycles. The van der Waals surface area contributed by atoms with E-state index in [1.165, 1.54) is 35.6 Å². The van der Waals surface area contributed by atoms with Crippen molar-refractivity contribution in [1.82, 2.24) is 9.80 Å². The molecule has 0 bridgehead atoms. The number of ether oxygens (including phenoxy) is 1. The summed E-state index contributed by atoms with van der Waals surface area (Å²) in [4.78, 5) is 17.4. The Hall–Kier alpha value is -2.89. The number of hydrogen-bond acceptors (Lipinski definition) is 4. The van der Waals surface area contributed by atoms with Gasteiger partial charge in [0.15, 0.2) is 0 Å². The fraction of sp³-hybridized carbons (Fsp3) is 0.500. The molecule has 1 saturated carbocycles. The second-order valence-electron chi connectivity index (χ2n) is 12.0. The lowest BCUT2D eigenvalue weighted by atomic mass is 9.83. The summed E-state index contributed by atoms with van der Waals surface area (Å²) in [5.74, 6) is 1.44. The quantitative estimate of drug-likeness (QED) is 0.366. The molecular formula is C34H42N2O3. The first-order valence-electron chi connectivity index (χ1n) is 15.0. The summed E-state index contributed by atoms with van der Waals surface area (Å²) in [6, 6.07) is 25.3. The number of hydrogen-bond donors (Lipinski definition) is 1. The van der Waals surface area contributed by atoms with Crippen LogP contribution in [0.25, 0.3) is 10.8 Å². The van der Waals surface area contributed by atoms with Crippen LogP contribution in [-0.2, 0) is 4.79 Å². The monoisotopic (exact) mass is 526 g/mol. The van der Waals surface area contributed by atoms with Gasteiger partial charge in [-0.05, 0) is 66.0 Å². The third-order valence-corrected chi connectivity index (χ3v) is 9.49. The standard InChI is InChI=1S/C34H42N2O3/c37-34(38)33(27-12-5-2-6-13-27)36-23-29(32(24-36)26-10-3-1-4-11-26)22-35-19-17-30(18-20-35)39-31-16-15-25-9-7-8-14-28(25)21-31/h1,3-4,7-11,14-16,21,27,29-30,32-33H,2,5-6,12-13,17-20,22-24H2,(H,37,38)/t29-,32+,33+/m0/s1. The number of likely N-dealkylation sites (tertiary alicyclic amines) is 2. The SMILES string of the molecule is O=C(O)[C@@H](C1CCCCC1)N1C[C@H](CN2CCC(Oc3ccc4ccccc4c3)CC2)[C@@H](c2ccccc2)C1. The number of carbonyl (C=O) groups is 1. The first-order chi connectivity index (χ1) is 19.1. The van der Waals surface area contributed by atoms with Gasteiger partial charge in [0.25, 0.3) is 0 Å². The minimum absolute atomic E-state index is 0.245. The van der Waals surface area contributed by atoms with E-state index < -0.39 is 5.97 Å². The Morgan fingerprint density at radius 2 is 1.56 bits per heavy atom. The Bertz CT molecular complexity index is 1230. The molecule has 0 amide bonds. The van der Waals surface area contributed by atoms with Crippen LogP contribution >= 0.6 is 0 Å². The van der Waals surface area contributed by atoms with Gasteiger partial charge >= 0.3 is 5.97 Å². The molecule has 2 saturated heterocycles. The van der Waals surface area contributed by atoms with Crippen LogP contribution in [0.5, 0.6) is 5.75 Å². The van der Waals surface area contributed by atoms with Gasteiger partial charge in [0.1, 0.15) is 17.9 Å². The van der Waals surface area contributed by atoms with Crippen LogP contribution in [0.4, 0.5) is 0 Å². The van der Waals surface area contributed by atoms with E-state index in [1.54, 1.807) is 0 Å². The second kappa shape index (κ2) is 12.1. The molecule has 0 aromatic heterocycles. The van der Waals surface area contributed by atoms with Crippen LogP contribution in [-0.4, -0.2) is 65.7 Å². The molecule has 206 valence electrons. The van der Waals surface area contributed by atoms with Gasteiger partial charge in [-0.2, -0.15) is 0 Å². The summed E-state index contributed by atoms with van der Waals surface area (Å²) in [7, 11) is 0. The van der Waals surface area contributed by atoms with Gasteiger partial charge in [-0.25, -0.2) is 0 Å². The summed E-state index contributed by atoms with van der Waals surface area (Å²) in [6.07, 6.45) is 8.00. The smallest absolute Gasteiger partial charge is 0.321 e. The highest BCUT2D eigenvalue weighted by Crippen LogP contribution is 2.38. The van der Waals surface area contributed by atoms with Gasteiger partial charge in [-0.1, -0.05) is 79.9 Å². The number of piperidine rings is 1. The van der Waals surface area contributed by atoms with E-state index >= 15 is 0 Å². The van der Waals surface area contributed by atoms with Gasteiger partial charge in [0.05, 0.1) is 0 Å². The minimum Gasteiger partial charge on any atom is -0.490 e. The van der Waals surface area contributed by atoms with Gasteiger partial charge in [-0.3, -0.25) is 9.69 Å². The van der Waals surface area contributed by atoms with Crippen molar-refractivity contribution in [3.63, 3.8) is 0 Å². The molecule has 0 radical (unpaired) electrons. The van der Waals surface area contributed by atoms with Gasteiger partial charge in [-0.15, -0.1) is 0 Å². The molecule has 5 heteroatoms. The van der Waals surface area contributed by atoms with Crippen molar-refractivity contribution in [2.24, 2.45) is 11.8 Å². The molecule has 3 fully saturated rings. The van der Waals surface area contributed by atoms with E-state index in [1.807, 2.05) is 0 Å². The van der Waals surface area contributed by atoms with Crippen LogP contribution in [0.15, 0.2) is 72.8 Å². The Labute approximate surface area is 232 Å². The van der Waals surface area contributed by atoms with Crippen LogP contribution in [0, 0.1) is 11.8 Å². The summed E-state index contributed by atoms with van der Waals surface area (Å²) in [5.41, 5.74) is 1.35. The molecule has 3 aromatic rings. The van der Waals surface area contributed by atoms with Crippen LogP contribution < -0.4 is 4.74 Å². The zero-order valence-electron chi connectivity index (χ0n) is 23.0. The van der Waals surface area contributed by atoms with E-state index in [9.17, 15) is 9.90 Å². The predicted molar refractivity (Wildman–Crippen MR) is 156 cm³/mol. The van der Waals surface area contributed by atoms with E-state index in [2.05, 4.69) is 82.6 Å². The van der Waals surface area contributed by atoms with Crippen LogP contribution in [0.2, 0.25) is 0 Å². The first kappa shape index (κ1) is 26.3. The second-order valence-corrected chi connectivity index (χ2v) is 12.0. The van der Waals surface area contributed by atoms with E-state index in [0.29, 0.717) is 11.8 Å². The number of carboxylic acids is 1. The maximum absolute atomic E-state index is 12.5. The maximum atomic E-state index is 12.5. The number of carboxylic acid groups (broad SMARTS) is 1. The Kier molecular flexibility index (Phi) is 8.17. The molecule has 0 spiro atoms. The maximum Gasteiger partial charge on any atom is 0.321 e. The van der Waals surface area contributed by atoms with E-state index in [4.69, 9.17) is 4.74 Å². The number of nitrogens with zero attached hydrogens (tertiary/aromatic N) is 2. The summed E-state index contributed by atoms with van der Waals surface area (Å²) in [6.45, 7) is 4.81. The molecule has 2 heterocycles. The number of aliphatic carboxylic acids is 1. The summed E-state index contributed by atoms with van der Waals surface area (Å²) < 4.78 is 6.41. The Morgan fingerprint density at radius 3 is 2.31 bits per heavy atom. The highest BCUT2D eigenvalue weighted by molar-refractivity contribution is 5.83. The van der Waals surface area contributed by atoms with Crippen LogP contribution in [0.1, 0.15) is 56.4 Å². The fourth-order valence-corrected chi connectivity index (χ4v) is 7.47.